The highest BCUT2D eigenvalue weighted by Gasteiger charge is 2.51. The monoisotopic (exact) mass is 418 g/mol. The number of benzene rings is 1. The molecule has 3 N–H and O–H groups in total. The molecule has 31 heavy (non-hydrogen) atoms. The van der Waals surface area contributed by atoms with Gasteiger partial charge in [0.15, 0.2) is 11.4 Å². The molecule has 2 aromatic heterocycles. The molecule has 160 valence electrons. The standard InChI is InChI=1S/C24H26N4O3/c1-13-3-6-16-19(31-28-21(16)26-15-4-5-15)18(13)14-11-17-20(25-12-14)24(22(29)27-17)9-7-23(2,30)8-10-24/h3,6,11-12,15,30H,4-5,7-10H2,1-2H3,(H,26,28)(H,27,29). The Morgan fingerprint density at radius 2 is 2.00 bits per heavy atom. The van der Waals surface area contributed by atoms with Crippen molar-refractivity contribution in [3.8, 4) is 11.1 Å². The first kappa shape index (κ1) is 18.8. The minimum atomic E-state index is -0.709. The van der Waals surface area contributed by atoms with Gasteiger partial charge in [-0.3, -0.25) is 9.78 Å². The molecule has 0 radical (unpaired) electrons. The third-order valence-corrected chi connectivity index (χ3v) is 7.26. The van der Waals surface area contributed by atoms with E-state index in [4.69, 9.17) is 9.51 Å². The van der Waals surface area contributed by atoms with Crippen LogP contribution in [0.2, 0.25) is 0 Å². The summed E-state index contributed by atoms with van der Waals surface area (Å²) >= 11 is 0. The van der Waals surface area contributed by atoms with Crippen LogP contribution < -0.4 is 10.6 Å². The lowest BCUT2D eigenvalue weighted by atomic mass is 9.67. The first-order chi connectivity index (χ1) is 14.9. The van der Waals surface area contributed by atoms with Crippen LogP contribution in [0.15, 0.2) is 28.9 Å². The first-order valence-corrected chi connectivity index (χ1v) is 11.1. The number of aliphatic hydroxyl groups is 1. The predicted molar refractivity (Wildman–Crippen MR) is 118 cm³/mol. The van der Waals surface area contributed by atoms with Crippen LogP contribution in [0.1, 0.15) is 56.7 Å². The highest BCUT2D eigenvalue weighted by atomic mass is 16.5. The fourth-order valence-electron chi connectivity index (χ4n) is 5.09. The summed E-state index contributed by atoms with van der Waals surface area (Å²) in [7, 11) is 0. The van der Waals surface area contributed by atoms with E-state index in [2.05, 4.69) is 21.9 Å². The number of anilines is 2. The van der Waals surface area contributed by atoms with Crippen LogP contribution in [-0.4, -0.2) is 32.8 Å². The minimum absolute atomic E-state index is 0.00633. The van der Waals surface area contributed by atoms with E-state index in [-0.39, 0.29) is 5.91 Å². The van der Waals surface area contributed by atoms with Gasteiger partial charge in [-0.25, -0.2) is 0 Å². The minimum Gasteiger partial charge on any atom is -0.390 e. The van der Waals surface area contributed by atoms with E-state index in [9.17, 15) is 9.90 Å². The summed E-state index contributed by atoms with van der Waals surface area (Å²) in [4.78, 5) is 17.8. The average molecular weight is 418 g/mol. The number of aryl methyl sites for hydroxylation is 1. The molecule has 0 atom stereocenters. The highest BCUT2D eigenvalue weighted by molar-refractivity contribution is 6.07. The molecular weight excluding hydrogens is 392 g/mol. The van der Waals surface area contributed by atoms with Gasteiger partial charge in [0, 0.05) is 23.4 Å². The van der Waals surface area contributed by atoms with Crippen LogP contribution >= 0.6 is 0 Å². The fraction of sp³-hybridized carbons (Fsp3) is 0.458. The Hall–Kier alpha value is -2.93. The maximum atomic E-state index is 13.0. The third kappa shape index (κ3) is 2.86. The number of hydrogen-bond acceptors (Lipinski definition) is 6. The third-order valence-electron chi connectivity index (χ3n) is 7.26. The normalized spacial score (nSPS) is 27.5. The van der Waals surface area contributed by atoms with Crippen LogP contribution in [0.3, 0.4) is 0 Å². The molecule has 0 bridgehead atoms. The van der Waals surface area contributed by atoms with Crippen molar-refractivity contribution < 1.29 is 14.4 Å². The number of carbonyl (C=O) groups excluding carboxylic acids is 1. The molecule has 1 aromatic carbocycles. The summed E-state index contributed by atoms with van der Waals surface area (Å²) in [5.74, 6) is 0.780. The van der Waals surface area contributed by atoms with E-state index in [0.717, 1.165) is 44.9 Å². The Balaban J connectivity index is 1.42. The topological polar surface area (TPSA) is 100 Å². The summed E-state index contributed by atoms with van der Waals surface area (Å²) in [6.07, 6.45) is 6.58. The summed E-state index contributed by atoms with van der Waals surface area (Å²) in [6, 6.07) is 6.60. The van der Waals surface area contributed by atoms with Crippen LogP contribution in [0.5, 0.6) is 0 Å². The van der Waals surface area contributed by atoms with Gasteiger partial charge in [0.2, 0.25) is 5.91 Å². The molecule has 3 aromatic rings. The summed E-state index contributed by atoms with van der Waals surface area (Å²) in [6.45, 7) is 3.89. The van der Waals surface area contributed by atoms with Crippen molar-refractivity contribution in [3.05, 3.63) is 35.7 Å². The van der Waals surface area contributed by atoms with Gasteiger partial charge in [-0.1, -0.05) is 11.2 Å². The zero-order valence-electron chi connectivity index (χ0n) is 17.8. The van der Waals surface area contributed by atoms with E-state index in [1.807, 2.05) is 32.2 Å². The van der Waals surface area contributed by atoms with Gasteiger partial charge in [0.25, 0.3) is 0 Å². The lowest BCUT2D eigenvalue weighted by Crippen LogP contribution is -2.43. The first-order valence-electron chi connectivity index (χ1n) is 11.1. The van der Waals surface area contributed by atoms with E-state index in [1.54, 1.807) is 0 Å². The number of pyridine rings is 1. The Morgan fingerprint density at radius 3 is 2.74 bits per heavy atom. The highest BCUT2D eigenvalue weighted by Crippen LogP contribution is 2.49. The smallest absolute Gasteiger partial charge is 0.236 e. The SMILES string of the molecule is Cc1ccc2c(NC3CC3)noc2c1-c1cnc2c(c1)NC(=O)C21CCC(C)(O)CC1. The Labute approximate surface area is 180 Å². The van der Waals surface area contributed by atoms with Gasteiger partial charge >= 0.3 is 0 Å². The van der Waals surface area contributed by atoms with Gasteiger partial charge in [0.05, 0.1) is 27.8 Å². The molecule has 3 heterocycles. The maximum Gasteiger partial charge on any atom is 0.236 e. The van der Waals surface area contributed by atoms with Crippen molar-refractivity contribution in [1.82, 2.24) is 10.1 Å². The Morgan fingerprint density at radius 1 is 1.23 bits per heavy atom. The maximum absolute atomic E-state index is 13.0. The van der Waals surface area contributed by atoms with Gasteiger partial charge in [-0.15, -0.1) is 0 Å². The zero-order chi connectivity index (χ0) is 21.4. The van der Waals surface area contributed by atoms with Crippen molar-refractivity contribution in [2.24, 2.45) is 0 Å². The quantitative estimate of drug-likeness (QED) is 0.587. The van der Waals surface area contributed by atoms with Gasteiger partial charge < -0.3 is 20.3 Å². The number of aromatic nitrogens is 2. The second-order valence-corrected chi connectivity index (χ2v) is 9.74. The molecule has 0 unspecified atom stereocenters. The van der Waals surface area contributed by atoms with E-state index in [1.165, 1.54) is 12.8 Å². The van der Waals surface area contributed by atoms with Crippen molar-refractivity contribution in [2.75, 3.05) is 10.6 Å². The lowest BCUT2D eigenvalue weighted by molar-refractivity contribution is -0.124. The second-order valence-electron chi connectivity index (χ2n) is 9.74. The van der Waals surface area contributed by atoms with Crippen molar-refractivity contribution >= 4 is 28.4 Å². The molecule has 2 saturated carbocycles. The summed E-state index contributed by atoms with van der Waals surface area (Å²) in [5.41, 5.74) is 3.87. The number of amides is 1. The Bertz CT molecular complexity index is 1220. The molecule has 3 aliphatic rings. The molecule has 6 rings (SSSR count). The number of carbonyl (C=O) groups is 1. The molecule has 0 saturated heterocycles. The molecule has 7 nitrogen and oxygen atoms in total. The summed E-state index contributed by atoms with van der Waals surface area (Å²) in [5, 5.41) is 22.1. The fourth-order valence-corrected chi connectivity index (χ4v) is 5.09. The number of nitrogens with one attached hydrogen (secondary N) is 2. The van der Waals surface area contributed by atoms with Crippen LogP contribution in [0.25, 0.3) is 22.1 Å². The molecule has 1 aliphatic heterocycles. The van der Waals surface area contributed by atoms with Gasteiger partial charge in [-0.05, 0) is 70.1 Å². The van der Waals surface area contributed by atoms with Crippen LogP contribution in [0.4, 0.5) is 11.5 Å². The Kier molecular flexibility index (Phi) is 3.82. The molecular formula is C24H26N4O3. The van der Waals surface area contributed by atoms with Crippen molar-refractivity contribution in [2.45, 2.75) is 69.4 Å². The number of nitrogens with zero attached hydrogens (tertiary/aromatic N) is 2. The predicted octanol–water partition coefficient (Wildman–Crippen LogP) is 4.29. The molecule has 1 amide bonds. The molecule has 2 fully saturated rings. The average Bonchev–Trinajstić information content (AvgIpc) is 3.40. The van der Waals surface area contributed by atoms with Gasteiger partial charge in [-0.2, -0.15) is 0 Å². The van der Waals surface area contributed by atoms with Crippen LogP contribution in [0, 0.1) is 6.92 Å². The van der Waals surface area contributed by atoms with Crippen molar-refractivity contribution in [1.29, 1.82) is 0 Å². The van der Waals surface area contributed by atoms with E-state index >= 15 is 0 Å². The molecule has 2 aliphatic carbocycles. The molecule has 7 heteroatoms. The number of fused-ring (bicyclic) bond motifs is 3. The molecule has 1 spiro atoms. The number of rotatable bonds is 3. The zero-order valence-corrected chi connectivity index (χ0v) is 17.8. The van der Waals surface area contributed by atoms with Gasteiger partial charge in [0.1, 0.15) is 0 Å². The van der Waals surface area contributed by atoms with E-state index in [0.29, 0.717) is 31.7 Å². The largest absolute Gasteiger partial charge is 0.390 e. The summed E-state index contributed by atoms with van der Waals surface area (Å²) < 4.78 is 5.76. The van der Waals surface area contributed by atoms with Crippen molar-refractivity contribution in [3.63, 3.8) is 0 Å². The number of hydrogen-bond donors (Lipinski definition) is 3. The lowest BCUT2D eigenvalue weighted by Gasteiger charge is -2.38. The second kappa shape index (κ2) is 6.29. The van der Waals surface area contributed by atoms with Crippen LogP contribution in [-0.2, 0) is 10.2 Å². The van der Waals surface area contributed by atoms with E-state index < -0.39 is 11.0 Å².